The van der Waals surface area contributed by atoms with Crippen LogP contribution in [0.3, 0.4) is 0 Å². The van der Waals surface area contributed by atoms with Crippen LogP contribution >= 0.6 is 0 Å². The maximum absolute atomic E-state index is 14.2. The van der Waals surface area contributed by atoms with Gasteiger partial charge in [0.1, 0.15) is 24.7 Å². The second kappa shape index (κ2) is 31.7. The normalized spacial score (nSPS) is 14.4. The summed E-state index contributed by atoms with van der Waals surface area (Å²) in [4.78, 5) is 123. The van der Waals surface area contributed by atoms with Crippen molar-refractivity contribution in [1.29, 1.82) is 0 Å². The Morgan fingerprint density at radius 1 is 0.761 bits per heavy atom. The quantitative estimate of drug-likeness (QED) is 0.0204. The van der Waals surface area contributed by atoms with Gasteiger partial charge in [0.15, 0.2) is 0 Å². The minimum absolute atomic E-state index is 0.0961. The number of fused-ring (bicyclic) bond motifs is 2. The predicted molar refractivity (Wildman–Crippen MR) is 341 cm³/mol. The zero-order valence-corrected chi connectivity index (χ0v) is 53.1. The number of aryl methyl sites for hydroxylation is 1. The summed E-state index contributed by atoms with van der Waals surface area (Å²) in [5, 5.41) is 29.4. The molecule has 88 heavy (non-hydrogen) atoms. The standard InChI is InChI=1S/C67H90N10O11/c1-40(2)53(36-43(6)63(84)85)76(13)62(83)58(66(7,8)9)75-61(82)57(69-12)67(10,11)49-29-28-47(42(5)35-49)37-71-65(87)88-39-44-24-30-50(31-25-44)72-59(80)51(22-18-34-70-64(68)86)73-60(81)56(41(3)4)74-54(78)32-33-55(79)77-38-48-21-15-14-19-45(48)26-27-46-20-16-17-23-52(46)77/h14-17,19-21,23-31,35-36,40-41,51,53,56-58,69H,18,22,32-34,37-39H2,1-13H3,(H,71,87)(H,72,80)(H,73,81)(H,74,78)(H,75,82)(H,84,85)(H3,68,70,86)/b27-26-,43-36+/t51-,53+,56-,57?,58+/m0/s1. The van der Waals surface area contributed by atoms with Crippen molar-refractivity contribution in [2.75, 3.05) is 30.9 Å². The Hall–Kier alpha value is -8.85. The van der Waals surface area contributed by atoms with Crippen LogP contribution in [0.25, 0.3) is 12.2 Å². The van der Waals surface area contributed by atoms with E-state index in [0.717, 1.165) is 39.1 Å². The first-order valence-electron chi connectivity index (χ1n) is 29.8. The van der Waals surface area contributed by atoms with Gasteiger partial charge in [-0.25, -0.2) is 14.4 Å². The number of nitrogens with one attached hydrogen (secondary N) is 7. The van der Waals surface area contributed by atoms with E-state index in [1.165, 1.54) is 11.8 Å². The van der Waals surface area contributed by atoms with Gasteiger partial charge < -0.3 is 62.6 Å². The number of aliphatic carboxylic acids is 1. The molecule has 0 fully saturated rings. The summed E-state index contributed by atoms with van der Waals surface area (Å²) in [6, 6.07) is 22.4. The number of carbonyl (C=O) groups is 9. The van der Waals surface area contributed by atoms with Crippen molar-refractivity contribution < 1.29 is 53.0 Å². The number of nitrogens with two attached hydrogens (primary N) is 1. The number of carboxylic acid groups (broad SMARTS) is 1. The number of rotatable bonds is 27. The number of ether oxygens (including phenoxy) is 1. The van der Waals surface area contributed by atoms with Gasteiger partial charge in [0.2, 0.25) is 35.4 Å². The fraction of sp³-hybridized carbons (Fsp3) is 0.448. The second-order valence-corrected chi connectivity index (χ2v) is 24.7. The smallest absolute Gasteiger partial charge is 0.407 e. The largest absolute Gasteiger partial charge is 0.478 e. The molecule has 0 aromatic heterocycles. The van der Waals surface area contributed by atoms with Crippen molar-refractivity contribution in [2.24, 2.45) is 23.0 Å². The molecule has 1 aliphatic rings. The molecule has 0 radical (unpaired) electrons. The molecule has 21 heteroatoms. The monoisotopic (exact) mass is 1210 g/mol. The van der Waals surface area contributed by atoms with Gasteiger partial charge >= 0.3 is 18.1 Å². The Balaban J connectivity index is 1.15. The number of carbonyl (C=O) groups excluding carboxylic acids is 8. The van der Waals surface area contributed by atoms with E-state index in [0.29, 0.717) is 17.8 Å². The maximum Gasteiger partial charge on any atom is 0.407 e. The lowest BCUT2D eigenvalue weighted by molar-refractivity contribution is -0.141. The lowest BCUT2D eigenvalue weighted by atomic mass is 9.76. The Morgan fingerprint density at radius 2 is 1.41 bits per heavy atom. The molecule has 474 valence electrons. The van der Waals surface area contributed by atoms with Crippen molar-refractivity contribution in [3.63, 3.8) is 0 Å². The van der Waals surface area contributed by atoms with E-state index in [1.54, 1.807) is 63.2 Å². The third-order valence-electron chi connectivity index (χ3n) is 15.8. The van der Waals surface area contributed by atoms with Gasteiger partial charge in [-0.05, 0) is 108 Å². The average Bonchev–Trinajstić information content (AvgIpc) is 0.971. The number of anilines is 2. The SMILES string of the molecule is CNC(C(=O)N[C@H](C(=O)N(C)[C@H](/C=C(\C)C(=O)O)C(C)C)C(C)(C)C)C(C)(C)c1ccc(CNC(=O)OCc2ccc(NC(=O)[C@H](CCCNC(N)=O)NC(=O)[C@@H](NC(=O)CCC(=O)N3Cc4ccccc4/C=C\c4ccccc43)C(C)C)cc2)c(C)c1. The van der Waals surface area contributed by atoms with Gasteiger partial charge in [0, 0.05) is 49.7 Å². The van der Waals surface area contributed by atoms with Gasteiger partial charge in [0.05, 0.1) is 24.3 Å². The fourth-order valence-electron chi connectivity index (χ4n) is 10.4. The first-order chi connectivity index (χ1) is 41.4. The molecule has 0 bridgehead atoms. The van der Waals surface area contributed by atoms with Crippen molar-refractivity contribution in [2.45, 2.75) is 157 Å². The fourth-order valence-corrected chi connectivity index (χ4v) is 10.4. The van der Waals surface area contributed by atoms with E-state index in [9.17, 15) is 48.3 Å². The zero-order valence-electron chi connectivity index (χ0n) is 53.1. The first kappa shape index (κ1) is 69.9. The van der Waals surface area contributed by atoms with Crippen LogP contribution in [0.1, 0.15) is 134 Å². The van der Waals surface area contributed by atoms with Crippen LogP contribution in [0.15, 0.2) is 103 Å². The average molecular weight is 1210 g/mol. The van der Waals surface area contributed by atoms with Crippen LogP contribution in [0.4, 0.5) is 21.0 Å². The van der Waals surface area contributed by atoms with Gasteiger partial charge in [-0.15, -0.1) is 0 Å². The summed E-state index contributed by atoms with van der Waals surface area (Å²) in [5.74, 6) is -4.31. The number of alkyl carbamates (subject to hydrolysis) is 1. The topological polar surface area (TPSA) is 300 Å². The molecule has 1 heterocycles. The summed E-state index contributed by atoms with van der Waals surface area (Å²) in [6.07, 6.45) is 4.91. The molecule has 0 saturated heterocycles. The van der Waals surface area contributed by atoms with Crippen molar-refractivity contribution in [1.82, 2.24) is 36.8 Å². The van der Waals surface area contributed by atoms with Crippen LogP contribution < -0.4 is 47.9 Å². The van der Waals surface area contributed by atoms with Gasteiger partial charge in [0.25, 0.3) is 0 Å². The highest BCUT2D eigenvalue weighted by Gasteiger charge is 2.42. The maximum atomic E-state index is 14.2. The molecule has 0 aliphatic carbocycles. The number of hydrogen-bond acceptors (Lipinski definition) is 11. The highest BCUT2D eigenvalue weighted by atomic mass is 16.5. The van der Waals surface area contributed by atoms with Crippen LogP contribution in [-0.2, 0) is 63.4 Å². The second-order valence-electron chi connectivity index (χ2n) is 24.7. The third kappa shape index (κ3) is 19.6. The van der Waals surface area contributed by atoms with Gasteiger partial charge in [-0.3, -0.25) is 28.8 Å². The van der Waals surface area contributed by atoms with E-state index in [2.05, 4.69) is 37.2 Å². The van der Waals surface area contributed by atoms with E-state index in [1.807, 2.05) is 134 Å². The molecule has 0 saturated carbocycles. The number of carboxylic acids is 1. The summed E-state index contributed by atoms with van der Waals surface area (Å²) in [7, 11) is 3.30. The van der Waals surface area contributed by atoms with E-state index in [-0.39, 0.29) is 68.7 Å². The summed E-state index contributed by atoms with van der Waals surface area (Å²) in [6.45, 7) is 20.6. The number of benzene rings is 4. The minimum atomic E-state index is -1.11. The molecule has 5 rings (SSSR count). The first-order valence-corrected chi connectivity index (χ1v) is 29.8. The van der Waals surface area contributed by atoms with E-state index >= 15 is 0 Å². The summed E-state index contributed by atoms with van der Waals surface area (Å²) < 4.78 is 5.53. The van der Waals surface area contributed by atoms with E-state index < -0.39 is 88.7 Å². The number of nitrogens with zero attached hydrogens (tertiary/aromatic N) is 2. The molecule has 0 spiro atoms. The predicted octanol–water partition coefficient (Wildman–Crippen LogP) is 7.84. The molecule has 4 aromatic rings. The lowest BCUT2D eigenvalue weighted by Crippen LogP contribution is -2.61. The van der Waals surface area contributed by atoms with Crippen molar-refractivity contribution in [3.05, 3.63) is 142 Å². The molecule has 1 aliphatic heterocycles. The minimum Gasteiger partial charge on any atom is -0.478 e. The Bertz CT molecular complexity index is 3220. The highest BCUT2D eigenvalue weighted by molar-refractivity contribution is 6.00. The van der Waals surface area contributed by atoms with Crippen LogP contribution in [0, 0.1) is 24.2 Å². The zero-order chi connectivity index (χ0) is 65.2. The number of primary amides is 1. The number of amides is 9. The van der Waals surface area contributed by atoms with Crippen LogP contribution in [0.2, 0.25) is 0 Å². The molecule has 21 nitrogen and oxygen atoms in total. The van der Waals surface area contributed by atoms with Crippen molar-refractivity contribution in [3.8, 4) is 0 Å². The molecule has 4 aromatic carbocycles. The van der Waals surface area contributed by atoms with Crippen LogP contribution in [-0.4, -0.2) is 114 Å². The number of urea groups is 1. The Labute approximate surface area is 517 Å². The van der Waals surface area contributed by atoms with E-state index in [4.69, 9.17) is 10.5 Å². The van der Waals surface area contributed by atoms with Gasteiger partial charge in [-0.2, -0.15) is 0 Å². The lowest BCUT2D eigenvalue weighted by Gasteiger charge is -2.40. The third-order valence-corrected chi connectivity index (χ3v) is 15.8. The number of likely N-dealkylation sites (N-methyl/N-ethyl adjacent to an activating group) is 2. The number of para-hydroxylation sites is 1. The van der Waals surface area contributed by atoms with Crippen molar-refractivity contribution >= 4 is 77.1 Å². The molecule has 1 unspecified atom stereocenters. The van der Waals surface area contributed by atoms with Crippen LogP contribution in [0.5, 0.6) is 0 Å². The Kier molecular flexibility index (Phi) is 25.2. The molecular weight excluding hydrogens is 1120 g/mol. The molecule has 10 N–H and O–H groups in total. The molecule has 9 amide bonds. The summed E-state index contributed by atoms with van der Waals surface area (Å²) in [5.41, 5.74) is 10.9. The number of hydrogen-bond donors (Lipinski definition) is 9. The molecule has 5 atom stereocenters. The molecular formula is C67H90N10O11. The summed E-state index contributed by atoms with van der Waals surface area (Å²) >= 11 is 0. The van der Waals surface area contributed by atoms with Gasteiger partial charge in [-0.1, -0.05) is 153 Å². The highest BCUT2D eigenvalue weighted by Crippen LogP contribution is 2.32. The Morgan fingerprint density at radius 3 is 2.02 bits per heavy atom.